The summed E-state index contributed by atoms with van der Waals surface area (Å²) < 4.78 is 0. The van der Waals surface area contributed by atoms with Gasteiger partial charge in [0.1, 0.15) is 0 Å². The Balaban J connectivity index is 1.45. The van der Waals surface area contributed by atoms with Crippen LogP contribution in [-0.4, -0.2) is 46.9 Å². The largest absolute Gasteiger partial charge is 0.340 e. The van der Waals surface area contributed by atoms with Crippen molar-refractivity contribution in [3.8, 4) is 0 Å². The van der Waals surface area contributed by atoms with Crippen molar-refractivity contribution in [2.24, 2.45) is 0 Å². The Morgan fingerprint density at radius 1 is 1.08 bits per heavy atom. The van der Waals surface area contributed by atoms with E-state index in [1.807, 2.05) is 23.1 Å². The van der Waals surface area contributed by atoms with Gasteiger partial charge in [0.05, 0.1) is 0 Å². The molecule has 0 atom stereocenters. The van der Waals surface area contributed by atoms with Gasteiger partial charge in [0.15, 0.2) is 0 Å². The smallest absolute Gasteiger partial charge is 0.247 e. The molecular formula is C20H25N3O2. The number of pyridine rings is 1. The van der Waals surface area contributed by atoms with Gasteiger partial charge in [-0.1, -0.05) is 30.3 Å². The molecule has 1 saturated heterocycles. The van der Waals surface area contributed by atoms with E-state index in [-0.39, 0.29) is 11.5 Å². The zero-order valence-corrected chi connectivity index (χ0v) is 14.7. The number of hydrogen-bond donors (Lipinski definition) is 1. The molecule has 0 unspecified atom stereocenters. The third-order valence-electron chi connectivity index (χ3n) is 4.85. The van der Waals surface area contributed by atoms with E-state index in [1.165, 1.54) is 11.1 Å². The van der Waals surface area contributed by atoms with Gasteiger partial charge in [-0.25, -0.2) is 0 Å². The van der Waals surface area contributed by atoms with Crippen molar-refractivity contribution in [1.29, 1.82) is 0 Å². The lowest BCUT2D eigenvalue weighted by Gasteiger charge is -2.34. The molecule has 1 aliphatic rings. The van der Waals surface area contributed by atoms with Gasteiger partial charge < -0.3 is 9.88 Å². The molecule has 1 fully saturated rings. The summed E-state index contributed by atoms with van der Waals surface area (Å²) in [5, 5.41) is 0. The summed E-state index contributed by atoms with van der Waals surface area (Å²) in [5.41, 5.74) is 3.53. The van der Waals surface area contributed by atoms with Crippen LogP contribution in [0.5, 0.6) is 0 Å². The molecule has 25 heavy (non-hydrogen) atoms. The fourth-order valence-corrected chi connectivity index (χ4v) is 3.25. The van der Waals surface area contributed by atoms with E-state index in [4.69, 9.17) is 0 Å². The number of nitrogens with zero attached hydrogens (tertiary/aromatic N) is 2. The number of carbonyl (C=O) groups is 1. The molecule has 1 N–H and O–H groups in total. The van der Waals surface area contributed by atoms with E-state index < -0.39 is 0 Å². The van der Waals surface area contributed by atoms with E-state index in [1.54, 1.807) is 12.3 Å². The lowest BCUT2D eigenvalue weighted by Crippen LogP contribution is -2.48. The lowest BCUT2D eigenvalue weighted by atomic mass is 10.0. The van der Waals surface area contributed by atoms with Crippen molar-refractivity contribution < 1.29 is 4.79 Å². The first-order valence-corrected chi connectivity index (χ1v) is 8.84. The molecule has 132 valence electrons. The second-order valence-corrected chi connectivity index (χ2v) is 6.64. The number of piperazine rings is 1. The number of aromatic amines is 1. The Hall–Kier alpha value is -2.40. The molecule has 1 aliphatic heterocycles. The van der Waals surface area contributed by atoms with E-state index in [2.05, 4.69) is 28.9 Å². The van der Waals surface area contributed by atoms with Crippen LogP contribution in [0.4, 0.5) is 0 Å². The SMILES string of the molecule is Cc1ccccc1CCC(=O)N1CCN(Cc2ccc(=O)[nH]c2)CC1. The lowest BCUT2D eigenvalue weighted by molar-refractivity contribution is -0.133. The molecule has 0 bridgehead atoms. The molecule has 0 aliphatic carbocycles. The zero-order chi connectivity index (χ0) is 17.6. The number of amides is 1. The number of H-pyrrole nitrogens is 1. The van der Waals surface area contributed by atoms with Crippen LogP contribution < -0.4 is 5.56 Å². The van der Waals surface area contributed by atoms with Crippen molar-refractivity contribution in [3.05, 3.63) is 69.6 Å². The van der Waals surface area contributed by atoms with Crippen LogP contribution in [0.3, 0.4) is 0 Å². The van der Waals surface area contributed by atoms with Crippen LogP contribution in [0.1, 0.15) is 23.1 Å². The fourth-order valence-electron chi connectivity index (χ4n) is 3.25. The molecule has 0 saturated carbocycles. The molecule has 1 aromatic heterocycles. The maximum Gasteiger partial charge on any atom is 0.247 e. The van der Waals surface area contributed by atoms with E-state index in [0.717, 1.165) is 44.7 Å². The highest BCUT2D eigenvalue weighted by Gasteiger charge is 2.21. The number of benzene rings is 1. The Morgan fingerprint density at radius 3 is 2.52 bits per heavy atom. The molecule has 0 radical (unpaired) electrons. The predicted molar refractivity (Wildman–Crippen MR) is 98.4 cm³/mol. The normalized spacial score (nSPS) is 15.3. The number of carbonyl (C=O) groups excluding carboxylic acids is 1. The first-order chi connectivity index (χ1) is 12.1. The van der Waals surface area contributed by atoms with Gasteiger partial charge in [0.25, 0.3) is 0 Å². The molecule has 2 aromatic rings. The third-order valence-corrected chi connectivity index (χ3v) is 4.85. The van der Waals surface area contributed by atoms with Crippen molar-refractivity contribution in [3.63, 3.8) is 0 Å². The highest BCUT2D eigenvalue weighted by Crippen LogP contribution is 2.12. The summed E-state index contributed by atoms with van der Waals surface area (Å²) in [6, 6.07) is 11.7. The van der Waals surface area contributed by atoms with Crippen molar-refractivity contribution in [1.82, 2.24) is 14.8 Å². The molecule has 1 aromatic carbocycles. The molecular weight excluding hydrogens is 314 g/mol. The second-order valence-electron chi connectivity index (χ2n) is 6.64. The second kappa shape index (κ2) is 8.12. The summed E-state index contributed by atoms with van der Waals surface area (Å²) in [6.45, 7) is 6.19. The monoisotopic (exact) mass is 339 g/mol. The van der Waals surface area contributed by atoms with Gasteiger partial charge in [0.2, 0.25) is 11.5 Å². The van der Waals surface area contributed by atoms with Gasteiger partial charge in [0, 0.05) is 51.4 Å². The summed E-state index contributed by atoms with van der Waals surface area (Å²) in [6.07, 6.45) is 3.15. The molecule has 2 heterocycles. The number of aromatic nitrogens is 1. The third kappa shape index (κ3) is 4.79. The van der Waals surface area contributed by atoms with Crippen LogP contribution >= 0.6 is 0 Å². The molecule has 5 nitrogen and oxygen atoms in total. The first-order valence-electron chi connectivity index (χ1n) is 8.84. The first kappa shape index (κ1) is 17.4. The quantitative estimate of drug-likeness (QED) is 0.906. The zero-order valence-electron chi connectivity index (χ0n) is 14.7. The topological polar surface area (TPSA) is 56.4 Å². The van der Waals surface area contributed by atoms with Crippen LogP contribution in [-0.2, 0) is 17.8 Å². The van der Waals surface area contributed by atoms with Crippen LogP contribution in [0.2, 0.25) is 0 Å². The Labute approximate surface area is 148 Å². The fraction of sp³-hybridized carbons (Fsp3) is 0.400. The molecule has 0 spiro atoms. The average Bonchev–Trinajstić information content (AvgIpc) is 2.63. The molecule has 1 amide bonds. The van der Waals surface area contributed by atoms with Gasteiger partial charge in [-0.05, 0) is 30.0 Å². The van der Waals surface area contributed by atoms with Crippen molar-refractivity contribution in [2.45, 2.75) is 26.3 Å². The van der Waals surface area contributed by atoms with Gasteiger partial charge in [-0.2, -0.15) is 0 Å². The number of aryl methyl sites for hydroxylation is 2. The highest BCUT2D eigenvalue weighted by molar-refractivity contribution is 5.76. The Bertz CT molecular complexity index is 756. The standard InChI is InChI=1S/C20H25N3O2/c1-16-4-2-3-5-18(16)7-9-20(25)23-12-10-22(11-13-23)15-17-6-8-19(24)21-14-17/h2-6,8,14H,7,9-13,15H2,1H3,(H,21,24). The maximum atomic E-state index is 12.5. The van der Waals surface area contributed by atoms with Crippen LogP contribution in [0.25, 0.3) is 0 Å². The van der Waals surface area contributed by atoms with E-state index >= 15 is 0 Å². The van der Waals surface area contributed by atoms with Crippen LogP contribution in [0, 0.1) is 6.92 Å². The van der Waals surface area contributed by atoms with E-state index in [9.17, 15) is 9.59 Å². The van der Waals surface area contributed by atoms with Gasteiger partial charge in [-0.3, -0.25) is 14.5 Å². The minimum Gasteiger partial charge on any atom is -0.340 e. The maximum absolute atomic E-state index is 12.5. The summed E-state index contributed by atoms with van der Waals surface area (Å²) in [7, 11) is 0. The highest BCUT2D eigenvalue weighted by atomic mass is 16.2. The number of rotatable bonds is 5. The van der Waals surface area contributed by atoms with E-state index in [0.29, 0.717) is 6.42 Å². The Morgan fingerprint density at radius 2 is 1.84 bits per heavy atom. The van der Waals surface area contributed by atoms with Gasteiger partial charge in [-0.15, -0.1) is 0 Å². The predicted octanol–water partition coefficient (Wildman–Crippen LogP) is 1.96. The van der Waals surface area contributed by atoms with Gasteiger partial charge >= 0.3 is 0 Å². The molecule has 5 heteroatoms. The summed E-state index contributed by atoms with van der Waals surface area (Å²) in [4.78, 5) is 30.6. The summed E-state index contributed by atoms with van der Waals surface area (Å²) >= 11 is 0. The van der Waals surface area contributed by atoms with Crippen LogP contribution in [0.15, 0.2) is 47.4 Å². The average molecular weight is 339 g/mol. The molecule has 3 rings (SSSR count). The summed E-state index contributed by atoms with van der Waals surface area (Å²) in [5.74, 6) is 0.243. The Kier molecular flexibility index (Phi) is 5.66. The van der Waals surface area contributed by atoms with Crippen molar-refractivity contribution >= 4 is 5.91 Å². The minimum absolute atomic E-state index is 0.0761. The number of nitrogens with one attached hydrogen (secondary N) is 1. The van der Waals surface area contributed by atoms with Crippen molar-refractivity contribution in [2.75, 3.05) is 26.2 Å². The number of hydrogen-bond acceptors (Lipinski definition) is 3. The minimum atomic E-state index is -0.0761.